The molecule has 1 aromatic heterocycles. The second-order valence-corrected chi connectivity index (χ2v) is 3.92. The lowest BCUT2D eigenvalue weighted by Gasteiger charge is -1.91. The Morgan fingerprint density at radius 1 is 1.06 bits per heavy atom. The van der Waals surface area contributed by atoms with Gasteiger partial charge in [-0.2, -0.15) is 0 Å². The quantitative estimate of drug-likeness (QED) is 0.608. The van der Waals surface area contributed by atoms with E-state index in [1.54, 1.807) is 6.07 Å². The van der Waals surface area contributed by atoms with E-state index in [1.165, 1.54) is 0 Å². The van der Waals surface area contributed by atoms with Crippen molar-refractivity contribution in [1.82, 2.24) is 0 Å². The molecule has 0 unspecified atom stereocenters. The summed E-state index contributed by atoms with van der Waals surface area (Å²) >= 11 is 0. The van der Waals surface area contributed by atoms with Crippen LogP contribution < -0.4 is 5.73 Å². The molecule has 0 saturated heterocycles. The zero-order valence-corrected chi connectivity index (χ0v) is 9.44. The number of nitrogens with two attached hydrogens (primary N) is 1. The van der Waals surface area contributed by atoms with Crippen LogP contribution in [0.4, 0.5) is 0 Å². The second kappa shape index (κ2) is 3.94. The molecule has 3 aromatic rings. The molecule has 0 bridgehead atoms. The maximum atomic E-state index is 10.6. The summed E-state index contributed by atoms with van der Waals surface area (Å²) in [5, 5.41) is 2.03. The highest BCUT2D eigenvalue weighted by molar-refractivity contribution is 6.05. The summed E-state index contributed by atoms with van der Waals surface area (Å²) in [5.41, 5.74) is 7.38. The number of carbonyl (C=O) groups is 1. The van der Waals surface area contributed by atoms with Gasteiger partial charge >= 0.3 is 0 Å². The molecule has 0 saturated carbocycles. The summed E-state index contributed by atoms with van der Waals surface area (Å²) in [6.45, 7) is 0. The number of furan rings is 1. The molecular weight excluding hydrogens is 226 g/mol. The summed E-state index contributed by atoms with van der Waals surface area (Å²) in [6.07, 6.45) is 0. The summed E-state index contributed by atoms with van der Waals surface area (Å²) in [5.74, 6) is 4.42. The zero-order valence-electron chi connectivity index (χ0n) is 9.44. The number of amides is 1. The molecule has 1 heterocycles. The van der Waals surface area contributed by atoms with Crippen LogP contribution in [0.2, 0.25) is 0 Å². The van der Waals surface area contributed by atoms with Crippen molar-refractivity contribution < 1.29 is 9.21 Å². The van der Waals surface area contributed by atoms with Gasteiger partial charge in [0.1, 0.15) is 11.2 Å². The lowest BCUT2D eigenvalue weighted by Crippen LogP contribution is -2.06. The predicted molar refractivity (Wildman–Crippen MR) is 69.8 cm³/mol. The molecule has 3 heteroatoms. The first-order valence-corrected chi connectivity index (χ1v) is 5.47. The number of rotatable bonds is 0. The summed E-state index contributed by atoms with van der Waals surface area (Å²) in [6, 6.07) is 13.4. The topological polar surface area (TPSA) is 56.2 Å². The van der Waals surface area contributed by atoms with Gasteiger partial charge in [0.25, 0.3) is 5.91 Å². The molecule has 0 aliphatic rings. The van der Waals surface area contributed by atoms with E-state index < -0.39 is 5.91 Å². The molecule has 3 nitrogen and oxygen atoms in total. The fourth-order valence-electron chi connectivity index (χ4n) is 1.94. The molecule has 86 valence electrons. The van der Waals surface area contributed by atoms with E-state index >= 15 is 0 Å². The number of hydrogen-bond acceptors (Lipinski definition) is 2. The standard InChI is InChI=1S/C15H9NO2/c16-15(17)8-6-10-5-7-14-12(9-10)11-3-1-2-4-13(11)18-14/h1-5,7,9H,(H2,16,17). The van der Waals surface area contributed by atoms with Crippen LogP contribution >= 0.6 is 0 Å². The minimum Gasteiger partial charge on any atom is -0.456 e. The maximum Gasteiger partial charge on any atom is 0.293 e. The highest BCUT2D eigenvalue weighted by Gasteiger charge is 2.05. The van der Waals surface area contributed by atoms with E-state index in [0.717, 1.165) is 27.5 Å². The summed E-state index contributed by atoms with van der Waals surface area (Å²) in [7, 11) is 0. The first-order valence-electron chi connectivity index (χ1n) is 5.47. The summed E-state index contributed by atoms with van der Waals surface area (Å²) in [4.78, 5) is 10.6. The number of para-hydroxylation sites is 1. The molecule has 18 heavy (non-hydrogen) atoms. The SMILES string of the molecule is NC(=O)C#Cc1ccc2oc3ccccc3c2c1. The van der Waals surface area contributed by atoms with Gasteiger partial charge in [0.2, 0.25) is 0 Å². The van der Waals surface area contributed by atoms with Crippen LogP contribution in [0.1, 0.15) is 5.56 Å². The Kier molecular flexibility index (Phi) is 2.28. The van der Waals surface area contributed by atoms with Crippen LogP contribution in [0.3, 0.4) is 0 Å². The average Bonchev–Trinajstić information content (AvgIpc) is 2.74. The van der Waals surface area contributed by atoms with Crippen LogP contribution in [0, 0.1) is 11.8 Å². The van der Waals surface area contributed by atoms with E-state index in [-0.39, 0.29) is 0 Å². The molecular formula is C15H9NO2. The van der Waals surface area contributed by atoms with Gasteiger partial charge in [0.05, 0.1) is 0 Å². The Hall–Kier alpha value is -2.73. The fourth-order valence-corrected chi connectivity index (χ4v) is 1.94. The number of primary amides is 1. The van der Waals surface area contributed by atoms with Gasteiger partial charge in [-0.15, -0.1) is 0 Å². The molecule has 1 amide bonds. The minimum absolute atomic E-state index is 0.632. The number of fused-ring (bicyclic) bond motifs is 3. The average molecular weight is 235 g/mol. The molecule has 0 aliphatic carbocycles. The van der Waals surface area contributed by atoms with E-state index in [9.17, 15) is 4.79 Å². The Labute approximate surface area is 103 Å². The van der Waals surface area contributed by atoms with E-state index in [2.05, 4.69) is 11.8 Å². The van der Waals surface area contributed by atoms with Gasteiger partial charge in [-0.25, -0.2) is 0 Å². The van der Waals surface area contributed by atoms with Crippen molar-refractivity contribution >= 4 is 27.8 Å². The first kappa shape index (κ1) is 10.4. The maximum absolute atomic E-state index is 10.6. The molecule has 2 aromatic carbocycles. The largest absolute Gasteiger partial charge is 0.456 e. The third kappa shape index (κ3) is 1.70. The smallest absolute Gasteiger partial charge is 0.293 e. The van der Waals surface area contributed by atoms with Gasteiger partial charge in [-0.3, -0.25) is 4.79 Å². The van der Waals surface area contributed by atoms with Crippen LogP contribution in [-0.4, -0.2) is 5.91 Å². The van der Waals surface area contributed by atoms with Crippen molar-refractivity contribution in [2.24, 2.45) is 5.73 Å². The van der Waals surface area contributed by atoms with Crippen LogP contribution in [0.25, 0.3) is 21.9 Å². The molecule has 0 radical (unpaired) electrons. The number of benzene rings is 2. The predicted octanol–water partition coefficient (Wildman–Crippen LogP) is 2.42. The molecule has 0 aliphatic heterocycles. The second-order valence-electron chi connectivity index (χ2n) is 3.92. The number of hydrogen-bond donors (Lipinski definition) is 1. The molecule has 0 atom stereocenters. The molecule has 2 N–H and O–H groups in total. The van der Waals surface area contributed by atoms with E-state index in [0.29, 0.717) is 0 Å². The lowest BCUT2D eigenvalue weighted by molar-refractivity contribution is -0.112. The van der Waals surface area contributed by atoms with Crippen molar-refractivity contribution in [3.05, 3.63) is 48.0 Å². The molecule has 0 fully saturated rings. The Morgan fingerprint density at radius 3 is 2.67 bits per heavy atom. The van der Waals surface area contributed by atoms with E-state index in [1.807, 2.05) is 36.4 Å². The number of carbonyl (C=O) groups excluding carboxylic acids is 1. The zero-order chi connectivity index (χ0) is 12.5. The Bertz CT molecular complexity index is 818. The van der Waals surface area contributed by atoms with Crippen LogP contribution in [0.15, 0.2) is 46.9 Å². The third-order valence-electron chi connectivity index (χ3n) is 2.71. The van der Waals surface area contributed by atoms with Gasteiger partial charge in [-0.1, -0.05) is 24.1 Å². The third-order valence-corrected chi connectivity index (χ3v) is 2.71. The van der Waals surface area contributed by atoms with Crippen LogP contribution in [-0.2, 0) is 4.79 Å². The highest BCUT2D eigenvalue weighted by atomic mass is 16.3. The van der Waals surface area contributed by atoms with Crippen molar-refractivity contribution in [2.75, 3.05) is 0 Å². The van der Waals surface area contributed by atoms with Crippen molar-refractivity contribution in [2.45, 2.75) is 0 Å². The normalized spacial score (nSPS) is 10.2. The van der Waals surface area contributed by atoms with Crippen molar-refractivity contribution in [3.8, 4) is 11.8 Å². The summed E-state index contributed by atoms with van der Waals surface area (Å²) < 4.78 is 5.69. The van der Waals surface area contributed by atoms with Gasteiger partial charge in [-0.05, 0) is 30.2 Å². The molecule has 3 rings (SSSR count). The highest BCUT2D eigenvalue weighted by Crippen LogP contribution is 2.28. The Morgan fingerprint density at radius 2 is 1.83 bits per heavy atom. The fraction of sp³-hybridized carbons (Fsp3) is 0. The monoisotopic (exact) mass is 235 g/mol. The molecule has 0 spiro atoms. The Balaban J connectivity index is 2.25. The first-order chi connectivity index (χ1) is 8.74. The van der Waals surface area contributed by atoms with E-state index in [4.69, 9.17) is 10.2 Å². The van der Waals surface area contributed by atoms with Crippen LogP contribution in [0.5, 0.6) is 0 Å². The van der Waals surface area contributed by atoms with Crippen molar-refractivity contribution in [3.63, 3.8) is 0 Å². The van der Waals surface area contributed by atoms with Gasteiger partial charge in [0.15, 0.2) is 0 Å². The van der Waals surface area contributed by atoms with Gasteiger partial charge in [0, 0.05) is 16.3 Å². The minimum atomic E-state index is -0.632. The lowest BCUT2D eigenvalue weighted by atomic mass is 10.1. The van der Waals surface area contributed by atoms with Gasteiger partial charge < -0.3 is 10.2 Å². The van der Waals surface area contributed by atoms with Crippen molar-refractivity contribution in [1.29, 1.82) is 0 Å².